The van der Waals surface area contributed by atoms with Crippen LogP contribution in [0.1, 0.15) is 13.3 Å². The molecular formula is C4H9KO2. The van der Waals surface area contributed by atoms with Crippen molar-refractivity contribution in [3.63, 3.8) is 0 Å². The van der Waals surface area contributed by atoms with Crippen LogP contribution in [0.4, 0.5) is 0 Å². The zero-order chi connectivity index (χ0) is 4.99. The first kappa shape index (κ1) is 11.4. The first-order chi connectivity index (χ1) is 2.81. The molecular weight excluding hydrogens is 119 g/mol. The second-order valence-electron chi connectivity index (χ2n) is 1.07. The number of hydrogen-bond donors (Lipinski definition) is 0. The average molecular weight is 128 g/mol. The maximum Gasteiger partial charge on any atom is 1.00 e. The van der Waals surface area contributed by atoms with Crippen molar-refractivity contribution in [2.24, 2.45) is 0 Å². The van der Waals surface area contributed by atoms with E-state index in [4.69, 9.17) is 0 Å². The van der Waals surface area contributed by atoms with Crippen molar-refractivity contribution >= 4 is 0 Å². The van der Waals surface area contributed by atoms with Gasteiger partial charge in [0.1, 0.15) is 0 Å². The summed E-state index contributed by atoms with van der Waals surface area (Å²) in [7, 11) is 1.42. The van der Waals surface area contributed by atoms with Gasteiger partial charge >= 0.3 is 51.4 Å². The molecule has 0 rings (SSSR count). The maximum absolute atomic E-state index is 10.0. The molecule has 0 bridgehead atoms. The summed E-state index contributed by atoms with van der Waals surface area (Å²) in [5.74, 6) is 0. The summed E-state index contributed by atoms with van der Waals surface area (Å²) in [6, 6.07) is 0. The topological polar surface area (TPSA) is 32.3 Å². The van der Waals surface area contributed by atoms with E-state index in [9.17, 15) is 5.11 Å². The van der Waals surface area contributed by atoms with Gasteiger partial charge in [-0.1, -0.05) is 6.92 Å². The molecule has 3 heteroatoms. The zero-order valence-electron chi connectivity index (χ0n) is 5.10. The van der Waals surface area contributed by atoms with E-state index in [1.165, 1.54) is 7.11 Å². The fourth-order valence-corrected chi connectivity index (χ4v) is 0.167. The molecule has 0 aliphatic heterocycles. The first-order valence-electron chi connectivity index (χ1n) is 2.00. The molecule has 1 unspecified atom stereocenters. The average Bonchev–Trinajstić information content (AvgIpc) is 1.65. The van der Waals surface area contributed by atoms with Crippen LogP contribution in [0.3, 0.4) is 0 Å². The van der Waals surface area contributed by atoms with Crippen molar-refractivity contribution in [2.75, 3.05) is 7.11 Å². The molecule has 0 aromatic heterocycles. The van der Waals surface area contributed by atoms with E-state index in [1.54, 1.807) is 6.92 Å². The van der Waals surface area contributed by atoms with E-state index in [0.29, 0.717) is 6.42 Å². The van der Waals surface area contributed by atoms with Gasteiger partial charge in [-0.2, -0.15) is 0 Å². The minimum atomic E-state index is -0.815. The molecule has 38 valence electrons. The SMILES string of the molecule is CCC([O-])OC.[K+]. The first-order valence-corrected chi connectivity index (χ1v) is 2.00. The summed E-state index contributed by atoms with van der Waals surface area (Å²) in [6.07, 6.45) is -0.263. The van der Waals surface area contributed by atoms with Crippen molar-refractivity contribution < 1.29 is 61.2 Å². The van der Waals surface area contributed by atoms with Crippen LogP contribution >= 0.6 is 0 Å². The Labute approximate surface area is 86.7 Å². The predicted octanol–water partition coefficient (Wildman–Crippen LogP) is -3.27. The molecule has 0 N–H and O–H groups in total. The van der Waals surface area contributed by atoms with Crippen LogP contribution < -0.4 is 56.5 Å². The molecule has 0 spiro atoms. The second kappa shape index (κ2) is 7.56. The van der Waals surface area contributed by atoms with E-state index >= 15 is 0 Å². The molecule has 2 nitrogen and oxygen atoms in total. The standard InChI is InChI=1S/C4H9O2.K/c1-3-4(5)6-2;/h4H,3H2,1-2H3;/q-1;+1. The van der Waals surface area contributed by atoms with Crippen LogP contribution in [-0.4, -0.2) is 13.4 Å². The number of methoxy groups -OCH3 is 1. The summed E-state index contributed by atoms with van der Waals surface area (Å²) >= 11 is 0. The van der Waals surface area contributed by atoms with Gasteiger partial charge in [0, 0.05) is 7.11 Å². The van der Waals surface area contributed by atoms with Gasteiger partial charge in [0.05, 0.1) is 0 Å². The van der Waals surface area contributed by atoms with Crippen molar-refractivity contribution in [1.29, 1.82) is 0 Å². The van der Waals surface area contributed by atoms with E-state index in [-0.39, 0.29) is 51.4 Å². The van der Waals surface area contributed by atoms with Crippen molar-refractivity contribution in [3.05, 3.63) is 0 Å². The van der Waals surface area contributed by atoms with Crippen LogP contribution in [0, 0.1) is 0 Å². The number of ether oxygens (including phenoxy) is 1. The molecule has 0 radical (unpaired) electrons. The van der Waals surface area contributed by atoms with Crippen LogP contribution in [0.25, 0.3) is 0 Å². The Hall–Kier alpha value is 1.56. The molecule has 0 saturated carbocycles. The van der Waals surface area contributed by atoms with Crippen LogP contribution in [0.15, 0.2) is 0 Å². The van der Waals surface area contributed by atoms with Crippen molar-refractivity contribution in [2.45, 2.75) is 19.6 Å². The van der Waals surface area contributed by atoms with Gasteiger partial charge in [0.2, 0.25) is 0 Å². The van der Waals surface area contributed by atoms with Crippen LogP contribution in [0.5, 0.6) is 0 Å². The molecule has 0 fully saturated rings. The molecule has 1 atom stereocenters. The molecule has 0 saturated heterocycles. The Bertz CT molecular complexity index is 28.9. The van der Waals surface area contributed by atoms with Crippen molar-refractivity contribution in [1.82, 2.24) is 0 Å². The van der Waals surface area contributed by atoms with E-state index < -0.39 is 6.29 Å². The Morgan fingerprint density at radius 3 is 2.14 bits per heavy atom. The Morgan fingerprint density at radius 1 is 1.71 bits per heavy atom. The smallest absolute Gasteiger partial charge is 0.831 e. The van der Waals surface area contributed by atoms with E-state index in [1.807, 2.05) is 0 Å². The molecule has 0 aliphatic rings. The Balaban J connectivity index is 0. The van der Waals surface area contributed by atoms with Gasteiger partial charge in [-0.25, -0.2) is 0 Å². The third-order valence-corrected chi connectivity index (χ3v) is 0.596. The van der Waals surface area contributed by atoms with Crippen molar-refractivity contribution in [3.8, 4) is 0 Å². The van der Waals surface area contributed by atoms with E-state index in [2.05, 4.69) is 4.74 Å². The third-order valence-electron chi connectivity index (χ3n) is 0.596. The molecule has 0 aromatic rings. The van der Waals surface area contributed by atoms with Gasteiger partial charge in [0.15, 0.2) is 0 Å². The minimum absolute atomic E-state index is 0. The number of rotatable bonds is 2. The molecule has 0 heterocycles. The molecule has 0 amide bonds. The summed E-state index contributed by atoms with van der Waals surface area (Å²) in [4.78, 5) is 0. The van der Waals surface area contributed by atoms with Crippen LogP contribution in [-0.2, 0) is 4.74 Å². The molecule has 0 aromatic carbocycles. The quantitative estimate of drug-likeness (QED) is 0.289. The van der Waals surface area contributed by atoms with Gasteiger partial charge in [-0.15, -0.1) is 0 Å². The third kappa shape index (κ3) is 7.56. The normalized spacial score (nSPS) is 12.4. The fraction of sp³-hybridized carbons (Fsp3) is 1.00. The van der Waals surface area contributed by atoms with Crippen LogP contribution in [0.2, 0.25) is 0 Å². The summed E-state index contributed by atoms with van der Waals surface area (Å²) in [5.41, 5.74) is 0. The fourth-order valence-electron chi connectivity index (χ4n) is 0.167. The second-order valence-corrected chi connectivity index (χ2v) is 1.07. The number of hydrogen-bond acceptors (Lipinski definition) is 2. The summed E-state index contributed by atoms with van der Waals surface area (Å²) in [6.45, 7) is 1.79. The maximum atomic E-state index is 10.0. The van der Waals surface area contributed by atoms with Gasteiger partial charge < -0.3 is 9.84 Å². The summed E-state index contributed by atoms with van der Waals surface area (Å²) in [5, 5.41) is 10.0. The Kier molecular flexibility index (Phi) is 12.3. The monoisotopic (exact) mass is 128 g/mol. The largest absolute Gasteiger partial charge is 1.00 e. The summed E-state index contributed by atoms with van der Waals surface area (Å²) < 4.78 is 4.34. The minimum Gasteiger partial charge on any atom is -0.831 e. The van der Waals surface area contributed by atoms with Gasteiger partial charge in [-0.3, -0.25) is 0 Å². The molecule has 7 heavy (non-hydrogen) atoms. The van der Waals surface area contributed by atoms with E-state index in [0.717, 1.165) is 0 Å². The molecule has 0 aliphatic carbocycles. The zero-order valence-corrected chi connectivity index (χ0v) is 8.22. The Morgan fingerprint density at radius 2 is 2.14 bits per heavy atom. The predicted molar refractivity (Wildman–Crippen MR) is 21.1 cm³/mol. The van der Waals surface area contributed by atoms with Gasteiger partial charge in [-0.05, 0) is 12.7 Å². The van der Waals surface area contributed by atoms with Gasteiger partial charge in [0.25, 0.3) is 0 Å².